The van der Waals surface area contributed by atoms with E-state index in [0.717, 1.165) is 44.1 Å². The molecule has 0 aliphatic carbocycles. The fraction of sp³-hybridized carbons (Fsp3) is 0.579. The van der Waals surface area contributed by atoms with E-state index in [4.69, 9.17) is 4.74 Å². The van der Waals surface area contributed by atoms with Crippen LogP contribution in [-0.4, -0.2) is 46.3 Å². The first-order chi connectivity index (χ1) is 12.1. The molecule has 2 N–H and O–H groups in total. The number of halogens is 1. The number of rotatable bonds is 10. The first kappa shape index (κ1) is 24.5. The van der Waals surface area contributed by atoms with Crippen LogP contribution >= 0.6 is 24.0 Å². The van der Waals surface area contributed by atoms with Crippen LogP contribution in [0, 0.1) is 0 Å². The summed E-state index contributed by atoms with van der Waals surface area (Å²) < 4.78 is 9.81. The number of nitrogens with zero attached hydrogens (tertiary/aromatic N) is 1. The van der Waals surface area contributed by atoms with Crippen LogP contribution in [0.5, 0.6) is 5.75 Å². The van der Waals surface area contributed by atoms with Gasteiger partial charge in [0.15, 0.2) is 5.96 Å². The van der Waals surface area contributed by atoms with Gasteiger partial charge in [0.25, 0.3) is 0 Å². The van der Waals surface area contributed by atoms with E-state index in [9.17, 15) is 4.79 Å². The van der Waals surface area contributed by atoms with Gasteiger partial charge in [0.05, 0.1) is 14.2 Å². The molecule has 0 spiro atoms. The van der Waals surface area contributed by atoms with E-state index >= 15 is 0 Å². The third-order valence-corrected chi connectivity index (χ3v) is 4.11. The maximum atomic E-state index is 11.0. The Morgan fingerprint density at radius 2 is 1.77 bits per heavy atom. The highest BCUT2D eigenvalue weighted by Gasteiger charge is 2.06. The standard InChI is InChI=1S/C19H31N3O3.HI/c1-15(16-8-10-17(24-3)11-9-16)12-14-22-19(20-2)21-13-6-5-7-18(23)25-4;/h8-11,15H,5-7,12-14H2,1-4H3,(H2,20,21,22);1H. The van der Waals surface area contributed by atoms with Gasteiger partial charge in [0, 0.05) is 26.6 Å². The summed E-state index contributed by atoms with van der Waals surface area (Å²) in [6.45, 7) is 3.84. The molecule has 1 atom stereocenters. The summed E-state index contributed by atoms with van der Waals surface area (Å²) in [6.07, 6.45) is 3.18. The molecule has 0 aliphatic rings. The Bertz CT molecular complexity index is 535. The molecule has 148 valence electrons. The predicted molar refractivity (Wildman–Crippen MR) is 117 cm³/mol. The topological polar surface area (TPSA) is 72.0 Å². The number of esters is 1. The number of guanidine groups is 1. The van der Waals surface area contributed by atoms with Crippen LogP contribution in [-0.2, 0) is 9.53 Å². The van der Waals surface area contributed by atoms with Gasteiger partial charge in [-0.2, -0.15) is 0 Å². The van der Waals surface area contributed by atoms with Gasteiger partial charge in [-0.05, 0) is 42.9 Å². The van der Waals surface area contributed by atoms with E-state index in [-0.39, 0.29) is 29.9 Å². The molecule has 0 aromatic heterocycles. The third kappa shape index (κ3) is 9.84. The second kappa shape index (κ2) is 14.6. The molecule has 6 nitrogen and oxygen atoms in total. The molecule has 26 heavy (non-hydrogen) atoms. The van der Waals surface area contributed by atoms with Crippen molar-refractivity contribution in [2.24, 2.45) is 4.99 Å². The molecule has 7 heteroatoms. The average Bonchev–Trinajstić information content (AvgIpc) is 2.65. The number of hydrogen-bond acceptors (Lipinski definition) is 4. The van der Waals surface area contributed by atoms with Crippen molar-refractivity contribution in [1.82, 2.24) is 10.6 Å². The van der Waals surface area contributed by atoms with Crippen LogP contribution in [0.25, 0.3) is 0 Å². The Kier molecular flexibility index (Phi) is 13.8. The average molecular weight is 477 g/mol. The number of ether oxygens (including phenoxy) is 2. The van der Waals surface area contributed by atoms with E-state index in [1.165, 1.54) is 12.7 Å². The lowest BCUT2D eigenvalue weighted by Crippen LogP contribution is -2.38. The van der Waals surface area contributed by atoms with Crippen LogP contribution < -0.4 is 15.4 Å². The number of carbonyl (C=O) groups is 1. The molecule has 1 rings (SSSR count). The molecule has 0 aliphatic heterocycles. The van der Waals surface area contributed by atoms with E-state index < -0.39 is 0 Å². The second-order valence-corrected chi connectivity index (χ2v) is 5.92. The van der Waals surface area contributed by atoms with Crippen molar-refractivity contribution in [3.8, 4) is 5.75 Å². The minimum Gasteiger partial charge on any atom is -0.497 e. The zero-order valence-corrected chi connectivity index (χ0v) is 18.5. The Morgan fingerprint density at radius 1 is 1.12 bits per heavy atom. The highest BCUT2D eigenvalue weighted by molar-refractivity contribution is 14.0. The number of methoxy groups -OCH3 is 2. The van der Waals surface area contributed by atoms with Crippen molar-refractivity contribution in [2.75, 3.05) is 34.4 Å². The molecule has 0 saturated carbocycles. The lowest BCUT2D eigenvalue weighted by Gasteiger charge is -2.15. The number of carbonyl (C=O) groups excluding carboxylic acids is 1. The van der Waals surface area contributed by atoms with Crippen molar-refractivity contribution in [1.29, 1.82) is 0 Å². The predicted octanol–water partition coefficient (Wildman–Crippen LogP) is 3.32. The van der Waals surface area contributed by atoms with Crippen LogP contribution in [0.15, 0.2) is 29.3 Å². The molecule has 0 radical (unpaired) electrons. The molecule has 1 aromatic rings. The van der Waals surface area contributed by atoms with Crippen LogP contribution in [0.4, 0.5) is 0 Å². The van der Waals surface area contributed by atoms with Gasteiger partial charge < -0.3 is 20.1 Å². The molecular formula is C19H32IN3O3. The van der Waals surface area contributed by atoms with E-state index in [1.54, 1.807) is 14.2 Å². The molecule has 0 bridgehead atoms. The van der Waals surface area contributed by atoms with Gasteiger partial charge >= 0.3 is 5.97 Å². The fourth-order valence-electron chi connectivity index (χ4n) is 2.43. The lowest BCUT2D eigenvalue weighted by molar-refractivity contribution is -0.140. The molecule has 0 saturated heterocycles. The van der Waals surface area contributed by atoms with Crippen molar-refractivity contribution >= 4 is 35.9 Å². The maximum absolute atomic E-state index is 11.0. The van der Waals surface area contributed by atoms with Crippen molar-refractivity contribution in [3.63, 3.8) is 0 Å². The smallest absolute Gasteiger partial charge is 0.305 e. The Balaban J connectivity index is 0.00000625. The highest BCUT2D eigenvalue weighted by Crippen LogP contribution is 2.21. The van der Waals surface area contributed by atoms with Gasteiger partial charge in [0.1, 0.15) is 5.75 Å². The number of hydrogen-bond donors (Lipinski definition) is 2. The summed E-state index contributed by atoms with van der Waals surface area (Å²) in [5.74, 6) is 1.97. The Labute approximate surface area is 174 Å². The maximum Gasteiger partial charge on any atom is 0.305 e. The minimum absolute atomic E-state index is 0. The van der Waals surface area contributed by atoms with E-state index in [2.05, 4.69) is 39.4 Å². The van der Waals surface area contributed by atoms with Gasteiger partial charge in [-0.1, -0.05) is 19.1 Å². The Hall–Kier alpha value is -1.51. The summed E-state index contributed by atoms with van der Waals surface area (Å²) in [7, 11) is 4.85. The normalized spacial score (nSPS) is 11.9. The second-order valence-electron chi connectivity index (χ2n) is 5.92. The first-order valence-electron chi connectivity index (χ1n) is 8.76. The summed E-state index contributed by atoms with van der Waals surface area (Å²) in [4.78, 5) is 15.3. The molecule has 1 aromatic carbocycles. The number of benzene rings is 1. The van der Waals surface area contributed by atoms with Crippen LogP contribution in [0.1, 0.15) is 44.1 Å². The van der Waals surface area contributed by atoms with Crippen molar-refractivity contribution in [3.05, 3.63) is 29.8 Å². The zero-order chi connectivity index (χ0) is 18.5. The summed E-state index contributed by atoms with van der Waals surface area (Å²) >= 11 is 0. The third-order valence-electron chi connectivity index (χ3n) is 4.11. The molecular weight excluding hydrogens is 445 g/mol. The molecule has 0 heterocycles. The lowest BCUT2D eigenvalue weighted by atomic mass is 9.98. The van der Waals surface area contributed by atoms with Crippen molar-refractivity contribution in [2.45, 2.75) is 38.5 Å². The molecule has 0 fully saturated rings. The van der Waals surface area contributed by atoms with Crippen LogP contribution in [0.2, 0.25) is 0 Å². The highest BCUT2D eigenvalue weighted by atomic mass is 127. The van der Waals surface area contributed by atoms with Crippen molar-refractivity contribution < 1.29 is 14.3 Å². The zero-order valence-electron chi connectivity index (χ0n) is 16.2. The van der Waals surface area contributed by atoms with Gasteiger partial charge in [0.2, 0.25) is 0 Å². The first-order valence-corrected chi connectivity index (χ1v) is 8.76. The monoisotopic (exact) mass is 477 g/mol. The Morgan fingerprint density at radius 3 is 2.35 bits per heavy atom. The van der Waals surface area contributed by atoms with Gasteiger partial charge in [-0.25, -0.2) is 0 Å². The van der Waals surface area contributed by atoms with Crippen LogP contribution in [0.3, 0.4) is 0 Å². The fourth-order valence-corrected chi connectivity index (χ4v) is 2.43. The minimum atomic E-state index is -0.157. The SMILES string of the molecule is CN=C(NCCCCC(=O)OC)NCCC(C)c1ccc(OC)cc1.I. The van der Waals surface area contributed by atoms with E-state index in [1.807, 2.05) is 12.1 Å². The summed E-state index contributed by atoms with van der Waals surface area (Å²) in [5.41, 5.74) is 1.30. The largest absolute Gasteiger partial charge is 0.497 e. The molecule has 0 amide bonds. The quantitative estimate of drug-likeness (QED) is 0.178. The number of nitrogens with one attached hydrogen (secondary N) is 2. The summed E-state index contributed by atoms with van der Waals surface area (Å²) in [5, 5.41) is 6.59. The molecule has 1 unspecified atom stereocenters. The number of unbranched alkanes of at least 4 members (excludes halogenated alkanes) is 1. The van der Waals surface area contributed by atoms with Gasteiger partial charge in [-0.15, -0.1) is 24.0 Å². The summed E-state index contributed by atoms with van der Waals surface area (Å²) in [6, 6.07) is 8.21. The van der Waals surface area contributed by atoms with E-state index in [0.29, 0.717) is 12.3 Å². The van der Waals surface area contributed by atoms with Gasteiger partial charge in [-0.3, -0.25) is 9.79 Å². The number of aliphatic imine (C=N–C) groups is 1.